The summed E-state index contributed by atoms with van der Waals surface area (Å²) in [4.78, 5) is 37.6. The minimum absolute atomic E-state index is 0.00428. The Bertz CT molecular complexity index is 1390. The second-order valence-electron chi connectivity index (χ2n) is 9.76. The lowest BCUT2D eigenvalue weighted by Gasteiger charge is -2.45. The van der Waals surface area contributed by atoms with Gasteiger partial charge in [0.1, 0.15) is 40.3 Å². The van der Waals surface area contributed by atoms with Gasteiger partial charge in [-0.2, -0.15) is 0 Å². The lowest BCUT2D eigenvalue weighted by atomic mass is 10.0. The Hall–Kier alpha value is -3.37. The zero-order chi connectivity index (χ0) is 29.8. The molecule has 3 aliphatic rings. The lowest BCUT2D eigenvalue weighted by molar-refractivity contribution is -0.128. The Morgan fingerprint density at radius 2 is 2.00 bits per heavy atom. The van der Waals surface area contributed by atoms with Crippen LogP contribution >= 0.6 is 11.6 Å². The summed E-state index contributed by atoms with van der Waals surface area (Å²) in [5.74, 6) is -1.69. The number of nitrogens with zero attached hydrogens (tertiary/aromatic N) is 5. The molecule has 1 N–H and O–H groups in total. The Labute approximate surface area is 230 Å². The number of pyridine rings is 1. The maximum atomic E-state index is 15.1. The molecule has 0 saturated carbocycles. The number of hydrogen-bond acceptors (Lipinski definition) is 7. The highest BCUT2D eigenvalue weighted by Crippen LogP contribution is 2.46. The van der Waals surface area contributed by atoms with Gasteiger partial charge in [-0.15, -0.1) is 0 Å². The van der Waals surface area contributed by atoms with Crippen LogP contribution in [0.1, 0.15) is 28.3 Å². The van der Waals surface area contributed by atoms with E-state index < -0.39 is 42.6 Å². The Balaban J connectivity index is 1.66. The van der Waals surface area contributed by atoms with E-state index in [-0.39, 0.29) is 72.1 Å². The molecule has 2 fully saturated rings. The van der Waals surface area contributed by atoms with Crippen LogP contribution in [0.25, 0.3) is 11.3 Å². The first kappa shape index (κ1) is 22.6. The zero-order valence-corrected chi connectivity index (χ0v) is 21.9. The standard InChI is InChI=1S/C27H31ClFN5O4/c1-5-20(36)32-10-12-34-17(13-32)14-38-25-22(27(34)37)26(33-11-9-31(4)15(2)16(33)3)30-24(23(25)28)21-18(29)7-6-8-19(21)35/h5-8,15-17,35H,1,9-14H2,2-4H3/t15-,16+,17-/m1/s1/i4D3. The Kier molecular flexibility index (Phi) is 5.99. The average Bonchev–Trinajstić information content (AvgIpc) is 3.07. The van der Waals surface area contributed by atoms with Gasteiger partial charge in [-0.05, 0) is 39.0 Å². The summed E-state index contributed by atoms with van der Waals surface area (Å²) in [6, 6.07) is 2.42. The minimum Gasteiger partial charge on any atom is -0.507 e. The van der Waals surface area contributed by atoms with Crippen LogP contribution in [0.15, 0.2) is 30.9 Å². The van der Waals surface area contributed by atoms with Crippen molar-refractivity contribution in [1.29, 1.82) is 0 Å². The third kappa shape index (κ3) is 4.25. The fourth-order valence-electron chi connectivity index (χ4n) is 5.34. The molecule has 1 aromatic heterocycles. The molecule has 4 heterocycles. The number of halogens is 2. The monoisotopic (exact) mass is 546 g/mol. The second-order valence-corrected chi connectivity index (χ2v) is 10.1. The number of piperazine rings is 2. The predicted molar refractivity (Wildman–Crippen MR) is 142 cm³/mol. The molecule has 2 aromatic rings. The highest BCUT2D eigenvalue weighted by molar-refractivity contribution is 6.35. The molecular weight excluding hydrogens is 513 g/mol. The Morgan fingerprint density at radius 1 is 1.24 bits per heavy atom. The molecule has 5 rings (SSSR count). The fraction of sp³-hybridized carbons (Fsp3) is 0.444. The molecule has 38 heavy (non-hydrogen) atoms. The number of aromatic nitrogens is 1. The van der Waals surface area contributed by atoms with Crippen molar-refractivity contribution < 1.29 is 27.9 Å². The summed E-state index contributed by atoms with van der Waals surface area (Å²) in [5.41, 5.74) is -0.281. The van der Waals surface area contributed by atoms with Crippen LogP contribution in [0.5, 0.6) is 11.5 Å². The van der Waals surface area contributed by atoms with E-state index in [2.05, 4.69) is 11.6 Å². The maximum absolute atomic E-state index is 15.1. The number of carbonyl (C=O) groups excluding carboxylic acids is 2. The molecule has 202 valence electrons. The minimum atomic E-state index is -2.32. The summed E-state index contributed by atoms with van der Waals surface area (Å²) in [6.07, 6.45) is 1.22. The van der Waals surface area contributed by atoms with Gasteiger partial charge in [0.25, 0.3) is 5.91 Å². The van der Waals surface area contributed by atoms with E-state index in [1.807, 2.05) is 11.8 Å². The predicted octanol–water partition coefficient (Wildman–Crippen LogP) is 3.01. The maximum Gasteiger partial charge on any atom is 0.261 e. The first-order chi connectivity index (χ1) is 19.3. The van der Waals surface area contributed by atoms with Crippen molar-refractivity contribution in [1.82, 2.24) is 19.7 Å². The molecule has 0 spiro atoms. The third-order valence-electron chi connectivity index (χ3n) is 7.70. The van der Waals surface area contributed by atoms with E-state index >= 15 is 4.39 Å². The van der Waals surface area contributed by atoms with Crippen LogP contribution < -0.4 is 9.64 Å². The second kappa shape index (κ2) is 10.1. The third-order valence-corrected chi connectivity index (χ3v) is 8.05. The van der Waals surface area contributed by atoms with Crippen LogP contribution in [0.2, 0.25) is 5.02 Å². The van der Waals surface area contributed by atoms with E-state index in [0.29, 0.717) is 6.54 Å². The van der Waals surface area contributed by atoms with E-state index in [9.17, 15) is 14.7 Å². The molecule has 0 radical (unpaired) electrons. The van der Waals surface area contributed by atoms with Gasteiger partial charge >= 0.3 is 0 Å². The molecule has 0 unspecified atom stereocenters. The van der Waals surface area contributed by atoms with Gasteiger partial charge in [-0.25, -0.2) is 9.37 Å². The smallest absolute Gasteiger partial charge is 0.261 e. The number of amides is 2. The summed E-state index contributed by atoms with van der Waals surface area (Å²) < 4.78 is 45.1. The average molecular weight is 547 g/mol. The topological polar surface area (TPSA) is 89.5 Å². The first-order valence-electron chi connectivity index (χ1n) is 13.9. The van der Waals surface area contributed by atoms with E-state index in [0.717, 1.165) is 6.07 Å². The lowest BCUT2D eigenvalue weighted by Crippen LogP contribution is -2.58. The molecule has 9 nitrogen and oxygen atoms in total. The zero-order valence-electron chi connectivity index (χ0n) is 24.2. The fourth-order valence-corrected chi connectivity index (χ4v) is 5.62. The summed E-state index contributed by atoms with van der Waals surface area (Å²) >= 11 is 6.79. The number of phenols is 1. The number of benzene rings is 1. The highest BCUT2D eigenvalue weighted by atomic mass is 35.5. The van der Waals surface area contributed by atoms with Crippen LogP contribution in [-0.2, 0) is 4.79 Å². The van der Waals surface area contributed by atoms with Crippen LogP contribution in [0.3, 0.4) is 0 Å². The van der Waals surface area contributed by atoms with E-state index in [1.165, 1.54) is 23.1 Å². The molecule has 3 aliphatic heterocycles. The first-order valence-corrected chi connectivity index (χ1v) is 12.8. The number of carbonyl (C=O) groups is 2. The molecule has 11 heteroatoms. The summed E-state index contributed by atoms with van der Waals surface area (Å²) in [6.45, 7) is 5.95. The van der Waals surface area contributed by atoms with Crippen molar-refractivity contribution in [2.24, 2.45) is 0 Å². The number of fused-ring (bicyclic) bond motifs is 2. The summed E-state index contributed by atoms with van der Waals surface area (Å²) in [5, 5.41) is 10.4. The molecule has 1 aromatic carbocycles. The van der Waals surface area contributed by atoms with Gasteiger partial charge in [0.05, 0.1) is 11.6 Å². The van der Waals surface area contributed by atoms with Crippen LogP contribution in [0.4, 0.5) is 10.2 Å². The molecular formula is C27H31ClFN5O4. The normalized spacial score (nSPS) is 25.4. The molecule has 2 saturated heterocycles. The summed E-state index contributed by atoms with van der Waals surface area (Å²) in [7, 11) is 0. The largest absolute Gasteiger partial charge is 0.507 e. The van der Waals surface area contributed by atoms with E-state index in [4.69, 9.17) is 20.5 Å². The van der Waals surface area contributed by atoms with Crippen molar-refractivity contribution in [3.63, 3.8) is 0 Å². The molecule has 2 amide bonds. The Morgan fingerprint density at radius 3 is 2.71 bits per heavy atom. The van der Waals surface area contributed by atoms with Crippen LogP contribution in [0, 0.1) is 5.82 Å². The molecule has 0 bridgehead atoms. The van der Waals surface area contributed by atoms with Gasteiger partial charge in [0, 0.05) is 48.9 Å². The number of likely N-dealkylation sites (N-methyl/N-ethyl adjacent to an activating group) is 1. The van der Waals surface area contributed by atoms with Crippen LogP contribution in [-0.4, -0.2) is 101 Å². The van der Waals surface area contributed by atoms with Gasteiger partial charge in [-0.3, -0.25) is 14.5 Å². The quantitative estimate of drug-likeness (QED) is 0.592. The number of phenolic OH excluding ortho intramolecular Hbond substituents is 1. The number of ether oxygens (including phenoxy) is 1. The SMILES string of the molecule is [2H]C([2H])([2H])N1CCN(c2nc(-c3c(O)cccc3F)c(Cl)c3c2C(=O)N2CCN(C(=O)C=C)C[C@@H]2CO3)[C@@H](C)[C@H]1C. The van der Waals surface area contributed by atoms with Gasteiger partial charge in [-0.1, -0.05) is 24.2 Å². The van der Waals surface area contributed by atoms with Crippen molar-refractivity contribution >= 4 is 29.2 Å². The number of aromatic hydroxyl groups is 1. The van der Waals surface area contributed by atoms with Gasteiger partial charge in [0.15, 0.2) is 5.75 Å². The van der Waals surface area contributed by atoms with Crippen molar-refractivity contribution in [2.75, 3.05) is 51.2 Å². The highest BCUT2D eigenvalue weighted by Gasteiger charge is 2.42. The van der Waals surface area contributed by atoms with Crippen molar-refractivity contribution in [3.8, 4) is 22.8 Å². The number of hydrogen-bond donors (Lipinski definition) is 1. The van der Waals surface area contributed by atoms with Crippen molar-refractivity contribution in [3.05, 3.63) is 47.3 Å². The van der Waals surface area contributed by atoms with Crippen molar-refractivity contribution in [2.45, 2.75) is 32.0 Å². The van der Waals surface area contributed by atoms with Gasteiger partial charge in [0.2, 0.25) is 5.91 Å². The molecule has 3 atom stereocenters. The van der Waals surface area contributed by atoms with E-state index in [1.54, 1.807) is 16.7 Å². The molecule has 0 aliphatic carbocycles. The number of rotatable bonds is 3. The van der Waals surface area contributed by atoms with Gasteiger partial charge < -0.3 is 24.5 Å². The number of anilines is 1.